The first-order valence-corrected chi connectivity index (χ1v) is 13.9. The molecule has 3 aromatic rings. The summed E-state index contributed by atoms with van der Waals surface area (Å²) in [5.41, 5.74) is -0.707. The van der Waals surface area contributed by atoms with Crippen molar-refractivity contribution in [1.82, 2.24) is 14.5 Å². The third-order valence-corrected chi connectivity index (χ3v) is 8.59. The number of amides is 1. The molecule has 1 amide bonds. The van der Waals surface area contributed by atoms with Crippen LogP contribution in [0.5, 0.6) is 0 Å². The SMILES string of the molecule is O=C(Cn1cc(Cl)cc(C(F)(F)F)c1=O)N1CCC(c2nc(C3=NOC(c4cc(F)ccc4Br)C3)cs2)CC1. The molecule has 39 heavy (non-hydrogen) atoms. The molecule has 0 spiro atoms. The van der Waals surface area contributed by atoms with Crippen LogP contribution in [0.15, 0.2) is 50.3 Å². The monoisotopic (exact) mass is 646 g/mol. The number of alkyl halides is 3. The lowest BCUT2D eigenvalue weighted by Crippen LogP contribution is -2.41. The van der Waals surface area contributed by atoms with Gasteiger partial charge in [0, 0.05) is 47.0 Å². The van der Waals surface area contributed by atoms with E-state index in [0.717, 1.165) is 15.7 Å². The highest BCUT2D eigenvalue weighted by atomic mass is 79.9. The zero-order valence-electron chi connectivity index (χ0n) is 20.1. The number of hydrogen-bond acceptors (Lipinski definition) is 6. The number of carbonyl (C=O) groups excluding carboxylic acids is 1. The van der Waals surface area contributed by atoms with E-state index in [0.29, 0.717) is 60.0 Å². The van der Waals surface area contributed by atoms with Gasteiger partial charge in [0.1, 0.15) is 23.6 Å². The van der Waals surface area contributed by atoms with Crippen LogP contribution in [0.4, 0.5) is 17.6 Å². The number of thiazole rings is 1. The van der Waals surface area contributed by atoms with Crippen LogP contribution in [0.1, 0.15) is 53.1 Å². The Morgan fingerprint density at radius 2 is 1.97 bits per heavy atom. The highest BCUT2D eigenvalue weighted by molar-refractivity contribution is 9.10. The molecule has 0 N–H and O–H groups in total. The second-order valence-corrected chi connectivity index (χ2v) is 11.4. The molecule has 0 saturated carbocycles. The van der Waals surface area contributed by atoms with Crippen molar-refractivity contribution in [2.75, 3.05) is 13.1 Å². The summed E-state index contributed by atoms with van der Waals surface area (Å²) in [6, 6.07) is 4.95. The van der Waals surface area contributed by atoms with Gasteiger partial charge in [-0.05, 0) is 37.1 Å². The predicted molar refractivity (Wildman–Crippen MR) is 140 cm³/mol. The third-order valence-electron chi connectivity index (χ3n) is 6.65. The molecule has 0 bridgehead atoms. The van der Waals surface area contributed by atoms with Crippen LogP contribution in [-0.2, 0) is 22.4 Å². The van der Waals surface area contributed by atoms with Crippen molar-refractivity contribution in [2.24, 2.45) is 5.16 Å². The minimum atomic E-state index is -4.87. The average molecular weight is 648 g/mol. The summed E-state index contributed by atoms with van der Waals surface area (Å²) < 4.78 is 54.5. The van der Waals surface area contributed by atoms with Gasteiger partial charge in [-0.3, -0.25) is 9.59 Å². The number of hydrogen-bond donors (Lipinski definition) is 0. The first-order chi connectivity index (χ1) is 18.5. The lowest BCUT2D eigenvalue weighted by molar-refractivity contribution is -0.139. The van der Waals surface area contributed by atoms with E-state index in [-0.39, 0.29) is 16.8 Å². The number of benzene rings is 1. The molecular formula is C25H20BrClF4N4O3S. The highest BCUT2D eigenvalue weighted by Gasteiger charge is 2.35. The Bertz CT molecular complexity index is 1500. The van der Waals surface area contributed by atoms with E-state index >= 15 is 0 Å². The lowest BCUT2D eigenvalue weighted by atomic mass is 9.97. The number of halogens is 6. The maximum absolute atomic E-state index is 13.7. The maximum atomic E-state index is 13.7. The number of piperidine rings is 1. The smallest absolute Gasteiger partial charge is 0.387 e. The number of carbonyl (C=O) groups is 1. The molecule has 0 radical (unpaired) electrons. The fourth-order valence-electron chi connectivity index (χ4n) is 4.61. The van der Waals surface area contributed by atoms with E-state index in [1.165, 1.54) is 28.4 Å². The van der Waals surface area contributed by atoms with Crippen molar-refractivity contribution in [3.05, 3.63) is 83.3 Å². The zero-order valence-corrected chi connectivity index (χ0v) is 23.2. The van der Waals surface area contributed by atoms with Crippen LogP contribution in [0, 0.1) is 5.82 Å². The van der Waals surface area contributed by atoms with Crippen LogP contribution >= 0.6 is 38.9 Å². The van der Waals surface area contributed by atoms with Crippen molar-refractivity contribution >= 4 is 50.5 Å². The number of aromatic nitrogens is 2. The van der Waals surface area contributed by atoms with Crippen molar-refractivity contribution in [3.63, 3.8) is 0 Å². The lowest BCUT2D eigenvalue weighted by Gasteiger charge is -2.31. The summed E-state index contributed by atoms with van der Waals surface area (Å²) in [5, 5.41) is 6.66. The fraction of sp³-hybridized carbons (Fsp3) is 0.360. The average Bonchev–Trinajstić information content (AvgIpc) is 3.57. The Hall–Kier alpha value is -2.77. The molecule has 2 aliphatic heterocycles. The van der Waals surface area contributed by atoms with Gasteiger partial charge in [-0.25, -0.2) is 9.37 Å². The molecule has 2 aromatic heterocycles. The van der Waals surface area contributed by atoms with Gasteiger partial charge in [-0.2, -0.15) is 13.2 Å². The first-order valence-electron chi connectivity index (χ1n) is 11.9. The zero-order chi connectivity index (χ0) is 27.9. The summed E-state index contributed by atoms with van der Waals surface area (Å²) in [5.74, 6) is -0.732. The van der Waals surface area contributed by atoms with E-state index < -0.39 is 35.9 Å². The summed E-state index contributed by atoms with van der Waals surface area (Å²) in [6.07, 6.45) is -2.60. The van der Waals surface area contributed by atoms with Crippen molar-refractivity contribution < 1.29 is 27.2 Å². The summed E-state index contributed by atoms with van der Waals surface area (Å²) >= 11 is 10.7. The molecule has 1 aromatic carbocycles. The van der Waals surface area contributed by atoms with E-state index in [1.807, 2.05) is 5.38 Å². The molecule has 1 saturated heterocycles. The molecule has 206 valence electrons. The van der Waals surface area contributed by atoms with Crippen molar-refractivity contribution in [3.8, 4) is 0 Å². The topological polar surface area (TPSA) is 76.8 Å². The Kier molecular flexibility index (Phi) is 7.84. The molecule has 5 rings (SSSR count). The standard InChI is InChI=1S/C25H20BrClF4N4O3S/c26-18-2-1-15(28)8-16(18)21-9-19(33-38-21)20-12-39-23(32-20)13-3-5-34(6-4-13)22(36)11-35-10-14(27)7-17(24(35)37)25(29,30)31/h1-2,7-8,10,12-13,21H,3-6,9,11H2. The van der Waals surface area contributed by atoms with Gasteiger partial charge in [0.25, 0.3) is 5.56 Å². The number of pyridine rings is 1. The van der Waals surface area contributed by atoms with E-state index in [1.54, 1.807) is 6.07 Å². The normalized spacial score (nSPS) is 18.3. The molecule has 7 nitrogen and oxygen atoms in total. The fourth-order valence-corrected chi connectivity index (χ4v) is 6.33. The minimum Gasteiger partial charge on any atom is -0.387 e. The van der Waals surface area contributed by atoms with Gasteiger partial charge in [-0.1, -0.05) is 32.7 Å². The molecule has 1 unspecified atom stereocenters. The summed E-state index contributed by atoms with van der Waals surface area (Å²) in [4.78, 5) is 36.8. The van der Waals surface area contributed by atoms with Gasteiger partial charge < -0.3 is 14.3 Å². The molecule has 2 aliphatic rings. The third kappa shape index (κ3) is 6.04. The Morgan fingerprint density at radius 1 is 1.23 bits per heavy atom. The molecule has 1 fully saturated rings. The van der Waals surface area contributed by atoms with Crippen LogP contribution in [0.25, 0.3) is 0 Å². The van der Waals surface area contributed by atoms with Crippen LogP contribution in [-0.4, -0.2) is 39.2 Å². The largest absolute Gasteiger partial charge is 0.421 e. The molecule has 4 heterocycles. The second kappa shape index (κ2) is 11.0. The second-order valence-electron chi connectivity index (χ2n) is 9.23. The van der Waals surface area contributed by atoms with Gasteiger partial charge in [0.2, 0.25) is 5.91 Å². The van der Waals surface area contributed by atoms with Gasteiger partial charge in [-0.15, -0.1) is 11.3 Å². The molecule has 0 aliphatic carbocycles. The number of nitrogens with zero attached hydrogens (tertiary/aromatic N) is 4. The van der Waals surface area contributed by atoms with Gasteiger partial charge in [0.15, 0.2) is 6.10 Å². The van der Waals surface area contributed by atoms with E-state index in [4.69, 9.17) is 21.4 Å². The molecule has 1 atom stereocenters. The Balaban J connectivity index is 1.19. The molecule has 14 heteroatoms. The maximum Gasteiger partial charge on any atom is 0.421 e. The van der Waals surface area contributed by atoms with Crippen LogP contribution in [0.2, 0.25) is 5.02 Å². The minimum absolute atomic E-state index is 0.0922. The van der Waals surface area contributed by atoms with Crippen molar-refractivity contribution in [2.45, 2.75) is 44.0 Å². The van der Waals surface area contributed by atoms with Crippen molar-refractivity contribution in [1.29, 1.82) is 0 Å². The predicted octanol–water partition coefficient (Wildman–Crippen LogP) is 6.15. The van der Waals surface area contributed by atoms with Gasteiger partial charge >= 0.3 is 6.18 Å². The van der Waals surface area contributed by atoms with E-state index in [2.05, 4.69) is 21.1 Å². The highest BCUT2D eigenvalue weighted by Crippen LogP contribution is 2.36. The molecular weight excluding hydrogens is 628 g/mol. The first kappa shape index (κ1) is 27.8. The van der Waals surface area contributed by atoms with E-state index in [9.17, 15) is 27.2 Å². The van der Waals surface area contributed by atoms with Crippen LogP contribution < -0.4 is 5.56 Å². The quantitative estimate of drug-likeness (QED) is 0.312. The van der Waals surface area contributed by atoms with Crippen LogP contribution in [0.3, 0.4) is 0 Å². The Morgan fingerprint density at radius 3 is 2.69 bits per heavy atom. The number of oxime groups is 1. The number of likely N-dealkylation sites (tertiary alicyclic amines) is 1. The summed E-state index contributed by atoms with van der Waals surface area (Å²) in [6.45, 7) is 0.218. The van der Waals surface area contributed by atoms with Gasteiger partial charge in [0.05, 0.1) is 15.7 Å². The summed E-state index contributed by atoms with van der Waals surface area (Å²) in [7, 11) is 0. The Labute approximate surface area is 237 Å². The number of rotatable bonds is 5.